The van der Waals surface area contributed by atoms with Crippen LogP contribution in [0.25, 0.3) is 0 Å². The number of rotatable bonds is 2. The number of hydrogen-bond acceptors (Lipinski definition) is 2. The molecule has 0 aliphatic heterocycles. The van der Waals surface area contributed by atoms with Crippen LogP contribution in [0.15, 0.2) is 40.9 Å². The van der Waals surface area contributed by atoms with Crippen LogP contribution in [0.4, 0.5) is 10.1 Å². The summed E-state index contributed by atoms with van der Waals surface area (Å²) in [5.74, 6) is -0.754. The Bertz CT molecular complexity index is 643. The summed E-state index contributed by atoms with van der Waals surface area (Å²) in [6.45, 7) is 1.73. The van der Waals surface area contributed by atoms with Gasteiger partial charge in [-0.1, -0.05) is 6.07 Å². The van der Waals surface area contributed by atoms with Crippen LogP contribution in [0.2, 0.25) is 0 Å². The molecule has 0 bridgehead atoms. The fourth-order valence-corrected chi connectivity index (χ4v) is 2.06. The van der Waals surface area contributed by atoms with E-state index in [0.29, 0.717) is 11.3 Å². The predicted octanol–water partition coefficient (Wildman–Crippen LogP) is 3.85. The molecule has 0 saturated heterocycles. The standard InChI is InChI=1S/C14H11BrFNO2/c1-8-7-9(5-6-12(8)18)17-14(19)10-3-2-4-11(16)13(10)15/h2-7,18H,1H3,(H,17,19). The maximum absolute atomic E-state index is 13.3. The highest BCUT2D eigenvalue weighted by atomic mass is 79.9. The number of phenols is 1. The zero-order valence-electron chi connectivity index (χ0n) is 10.1. The van der Waals surface area contributed by atoms with E-state index >= 15 is 0 Å². The number of halogens is 2. The lowest BCUT2D eigenvalue weighted by Gasteiger charge is -2.08. The summed E-state index contributed by atoms with van der Waals surface area (Å²) in [5, 5.41) is 12.1. The van der Waals surface area contributed by atoms with Crippen molar-refractivity contribution in [3.63, 3.8) is 0 Å². The van der Waals surface area contributed by atoms with Crippen molar-refractivity contribution in [3.8, 4) is 5.75 Å². The quantitative estimate of drug-likeness (QED) is 0.824. The summed E-state index contributed by atoms with van der Waals surface area (Å²) in [4.78, 5) is 12.0. The minimum atomic E-state index is -0.491. The Morgan fingerprint density at radius 3 is 2.74 bits per heavy atom. The zero-order valence-corrected chi connectivity index (χ0v) is 11.7. The number of aryl methyl sites for hydroxylation is 1. The molecule has 98 valence electrons. The topological polar surface area (TPSA) is 49.3 Å². The van der Waals surface area contributed by atoms with E-state index in [1.165, 1.54) is 24.3 Å². The van der Waals surface area contributed by atoms with Gasteiger partial charge in [0.1, 0.15) is 11.6 Å². The second kappa shape index (κ2) is 5.40. The second-order valence-corrected chi connectivity index (χ2v) is 4.85. The number of anilines is 1. The fourth-order valence-electron chi connectivity index (χ4n) is 1.61. The van der Waals surface area contributed by atoms with E-state index in [1.807, 2.05) is 0 Å². The molecular weight excluding hydrogens is 313 g/mol. The van der Waals surface area contributed by atoms with Crippen LogP contribution < -0.4 is 5.32 Å². The molecule has 0 aliphatic carbocycles. The summed E-state index contributed by atoms with van der Waals surface area (Å²) in [5.41, 5.74) is 1.40. The van der Waals surface area contributed by atoms with Gasteiger partial charge in [-0.15, -0.1) is 0 Å². The molecule has 0 radical (unpaired) electrons. The van der Waals surface area contributed by atoms with Crippen molar-refractivity contribution in [2.24, 2.45) is 0 Å². The molecule has 1 amide bonds. The van der Waals surface area contributed by atoms with Gasteiger partial charge in [0.05, 0.1) is 10.0 Å². The Hall–Kier alpha value is -1.88. The number of amides is 1. The first-order valence-corrected chi connectivity index (χ1v) is 6.33. The molecule has 0 saturated carbocycles. The molecule has 19 heavy (non-hydrogen) atoms. The highest BCUT2D eigenvalue weighted by Gasteiger charge is 2.13. The summed E-state index contributed by atoms with van der Waals surface area (Å²) >= 11 is 3.04. The Balaban J connectivity index is 2.26. The highest BCUT2D eigenvalue weighted by Crippen LogP contribution is 2.23. The number of phenolic OH excluding ortho intramolecular Hbond substituents is 1. The minimum Gasteiger partial charge on any atom is -0.508 e. The van der Waals surface area contributed by atoms with Crippen LogP contribution in [-0.4, -0.2) is 11.0 Å². The molecule has 0 atom stereocenters. The van der Waals surface area contributed by atoms with Crippen molar-refractivity contribution in [2.45, 2.75) is 6.92 Å². The summed E-state index contributed by atoms with van der Waals surface area (Å²) in [6.07, 6.45) is 0. The number of carbonyl (C=O) groups is 1. The monoisotopic (exact) mass is 323 g/mol. The lowest BCUT2D eigenvalue weighted by molar-refractivity contribution is 0.102. The van der Waals surface area contributed by atoms with Crippen molar-refractivity contribution in [3.05, 3.63) is 57.8 Å². The SMILES string of the molecule is Cc1cc(NC(=O)c2cccc(F)c2Br)ccc1O. The molecule has 2 aromatic rings. The smallest absolute Gasteiger partial charge is 0.256 e. The van der Waals surface area contributed by atoms with Gasteiger partial charge in [0.2, 0.25) is 0 Å². The van der Waals surface area contributed by atoms with Crippen LogP contribution in [0.3, 0.4) is 0 Å². The van der Waals surface area contributed by atoms with E-state index in [1.54, 1.807) is 19.1 Å². The van der Waals surface area contributed by atoms with Crippen molar-refractivity contribution in [1.82, 2.24) is 0 Å². The zero-order chi connectivity index (χ0) is 14.0. The van der Waals surface area contributed by atoms with Gasteiger partial charge < -0.3 is 10.4 Å². The molecule has 3 nitrogen and oxygen atoms in total. The molecule has 0 spiro atoms. The van der Waals surface area contributed by atoms with Gasteiger partial charge in [-0.2, -0.15) is 0 Å². The molecule has 0 aromatic heterocycles. The lowest BCUT2D eigenvalue weighted by atomic mass is 10.1. The first-order chi connectivity index (χ1) is 8.99. The normalized spacial score (nSPS) is 10.3. The Labute approximate surface area is 118 Å². The summed E-state index contributed by atoms with van der Waals surface area (Å²) < 4.78 is 13.5. The van der Waals surface area contributed by atoms with E-state index in [0.717, 1.165) is 0 Å². The van der Waals surface area contributed by atoms with Gasteiger partial charge >= 0.3 is 0 Å². The maximum atomic E-state index is 13.3. The predicted molar refractivity (Wildman–Crippen MR) is 74.9 cm³/mol. The van der Waals surface area contributed by atoms with Gasteiger partial charge in [0.15, 0.2) is 0 Å². The van der Waals surface area contributed by atoms with Gasteiger partial charge in [0.25, 0.3) is 5.91 Å². The fraction of sp³-hybridized carbons (Fsp3) is 0.0714. The number of carbonyl (C=O) groups excluding carboxylic acids is 1. The number of nitrogens with one attached hydrogen (secondary N) is 1. The second-order valence-electron chi connectivity index (χ2n) is 4.06. The third-order valence-corrected chi connectivity index (χ3v) is 3.46. The van der Waals surface area contributed by atoms with Crippen molar-refractivity contribution >= 4 is 27.5 Å². The van der Waals surface area contributed by atoms with Gasteiger partial charge in [-0.3, -0.25) is 4.79 Å². The van der Waals surface area contributed by atoms with E-state index < -0.39 is 11.7 Å². The number of aromatic hydroxyl groups is 1. The van der Waals surface area contributed by atoms with Gasteiger partial charge in [0, 0.05) is 5.69 Å². The van der Waals surface area contributed by atoms with Crippen molar-refractivity contribution in [2.75, 3.05) is 5.32 Å². The van der Waals surface area contributed by atoms with Crippen molar-refractivity contribution in [1.29, 1.82) is 0 Å². The Morgan fingerprint density at radius 2 is 2.05 bits per heavy atom. The molecule has 0 unspecified atom stereocenters. The van der Waals surface area contributed by atoms with Crippen LogP contribution in [0, 0.1) is 12.7 Å². The lowest BCUT2D eigenvalue weighted by Crippen LogP contribution is -2.13. The van der Waals surface area contributed by atoms with E-state index in [4.69, 9.17) is 0 Å². The number of hydrogen-bond donors (Lipinski definition) is 2. The summed E-state index contributed by atoms with van der Waals surface area (Å²) in [6, 6.07) is 8.97. The molecule has 5 heteroatoms. The first kappa shape index (κ1) is 13.5. The average Bonchev–Trinajstić information content (AvgIpc) is 2.37. The van der Waals surface area contributed by atoms with E-state index in [-0.39, 0.29) is 15.8 Å². The van der Waals surface area contributed by atoms with Crippen molar-refractivity contribution < 1.29 is 14.3 Å². The third kappa shape index (κ3) is 2.93. The molecule has 0 heterocycles. The Morgan fingerprint density at radius 1 is 1.32 bits per heavy atom. The number of benzene rings is 2. The van der Waals surface area contributed by atoms with Gasteiger partial charge in [-0.05, 0) is 58.7 Å². The molecule has 0 fully saturated rings. The minimum absolute atomic E-state index is 0.128. The van der Waals surface area contributed by atoms with E-state index in [2.05, 4.69) is 21.2 Å². The molecular formula is C14H11BrFNO2. The molecule has 2 N–H and O–H groups in total. The maximum Gasteiger partial charge on any atom is 0.256 e. The average molecular weight is 324 g/mol. The van der Waals surface area contributed by atoms with Crippen LogP contribution in [0.5, 0.6) is 5.75 Å². The first-order valence-electron chi connectivity index (χ1n) is 5.54. The van der Waals surface area contributed by atoms with Crippen LogP contribution >= 0.6 is 15.9 Å². The molecule has 2 rings (SSSR count). The molecule has 2 aromatic carbocycles. The van der Waals surface area contributed by atoms with Crippen LogP contribution in [0.1, 0.15) is 15.9 Å². The summed E-state index contributed by atoms with van der Waals surface area (Å²) in [7, 11) is 0. The van der Waals surface area contributed by atoms with Gasteiger partial charge in [-0.25, -0.2) is 4.39 Å². The largest absolute Gasteiger partial charge is 0.508 e. The molecule has 0 aliphatic rings. The van der Waals surface area contributed by atoms with E-state index in [9.17, 15) is 14.3 Å². The van der Waals surface area contributed by atoms with Crippen LogP contribution in [-0.2, 0) is 0 Å². The third-order valence-electron chi connectivity index (χ3n) is 2.65. The highest BCUT2D eigenvalue weighted by molar-refractivity contribution is 9.10. The Kier molecular flexibility index (Phi) is 3.85.